The Bertz CT molecular complexity index is 670. The molecule has 5 nitrogen and oxygen atoms in total. The number of Topliss-reactive ketones (excluding diaryl/α,β-unsaturated/α-hetero) is 1. The van der Waals surface area contributed by atoms with Crippen LogP contribution >= 0.6 is 0 Å². The average Bonchev–Trinajstić information content (AvgIpc) is 2.93. The molecule has 2 aliphatic carbocycles. The third kappa shape index (κ3) is 1.84. The molecule has 2 aromatic heterocycles. The lowest BCUT2D eigenvalue weighted by Crippen LogP contribution is -2.16. The fourth-order valence-electron chi connectivity index (χ4n) is 3.45. The van der Waals surface area contributed by atoms with Gasteiger partial charge in [0.05, 0.1) is 11.3 Å². The van der Waals surface area contributed by atoms with Gasteiger partial charge in [-0.1, -0.05) is 19.3 Å². The zero-order valence-corrected chi connectivity index (χ0v) is 11.5. The van der Waals surface area contributed by atoms with E-state index in [1.807, 2.05) is 4.52 Å². The van der Waals surface area contributed by atoms with E-state index in [1.165, 1.54) is 32.1 Å². The summed E-state index contributed by atoms with van der Waals surface area (Å²) in [4.78, 5) is 20.9. The SMILES string of the molecule is O=C1CCCc2c1cnc1nc(C3CCCCC3)nn21. The summed E-state index contributed by atoms with van der Waals surface area (Å²) in [6.07, 6.45) is 10.3. The van der Waals surface area contributed by atoms with E-state index in [0.717, 1.165) is 29.9 Å². The van der Waals surface area contributed by atoms with Crippen LogP contribution in [-0.2, 0) is 6.42 Å². The highest BCUT2D eigenvalue weighted by Crippen LogP contribution is 2.31. The van der Waals surface area contributed by atoms with Gasteiger partial charge in [-0.05, 0) is 25.7 Å². The van der Waals surface area contributed by atoms with Crippen LogP contribution in [0.25, 0.3) is 5.78 Å². The van der Waals surface area contributed by atoms with Crippen LogP contribution < -0.4 is 0 Å². The van der Waals surface area contributed by atoms with Gasteiger partial charge in [0.25, 0.3) is 5.78 Å². The van der Waals surface area contributed by atoms with E-state index in [-0.39, 0.29) is 5.78 Å². The lowest BCUT2D eigenvalue weighted by Gasteiger charge is -2.18. The zero-order valence-electron chi connectivity index (χ0n) is 11.5. The quantitative estimate of drug-likeness (QED) is 0.799. The maximum absolute atomic E-state index is 11.9. The Morgan fingerprint density at radius 2 is 1.95 bits per heavy atom. The molecule has 0 aliphatic heterocycles. The monoisotopic (exact) mass is 270 g/mol. The second-order valence-electron chi connectivity index (χ2n) is 5.91. The van der Waals surface area contributed by atoms with Crippen molar-refractivity contribution in [1.29, 1.82) is 0 Å². The number of ketones is 1. The van der Waals surface area contributed by atoms with Gasteiger partial charge < -0.3 is 0 Å². The molecule has 0 atom stereocenters. The van der Waals surface area contributed by atoms with E-state index in [9.17, 15) is 4.79 Å². The maximum Gasteiger partial charge on any atom is 0.252 e. The van der Waals surface area contributed by atoms with E-state index in [0.29, 0.717) is 18.1 Å². The van der Waals surface area contributed by atoms with E-state index >= 15 is 0 Å². The number of hydrogen-bond acceptors (Lipinski definition) is 4. The molecular weight excluding hydrogens is 252 g/mol. The normalized spacial score (nSPS) is 20.3. The third-order valence-corrected chi connectivity index (χ3v) is 4.57. The average molecular weight is 270 g/mol. The van der Waals surface area contributed by atoms with Crippen LogP contribution in [0.1, 0.15) is 72.7 Å². The van der Waals surface area contributed by atoms with Gasteiger partial charge in [-0.15, -0.1) is 5.10 Å². The van der Waals surface area contributed by atoms with Crippen LogP contribution in [0.5, 0.6) is 0 Å². The van der Waals surface area contributed by atoms with E-state index in [1.54, 1.807) is 6.20 Å². The highest BCUT2D eigenvalue weighted by Gasteiger charge is 2.24. The van der Waals surface area contributed by atoms with Crippen LogP contribution in [0, 0.1) is 0 Å². The Morgan fingerprint density at radius 3 is 2.80 bits per heavy atom. The van der Waals surface area contributed by atoms with E-state index in [4.69, 9.17) is 0 Å². The molecule has 2 aromatic rings. The number of carbonyl (C=O) groups excluding carboxylic acids is 1. The summed E-state index contributed by atoms with van der Waals surface area (Å²) in [5, 5.41) is 4.67. The molecule has 0 amide bonds. The third-order valence-electron chi connectivity index (χ3n) is 4.57. The highest BCUT2D eigenvalue weighted by atomic mass is 16.1. The van der Waals surface area contributed by atoms with Crippen LogP contribution in [-0.4, -0.2) is 25.4 Å². The van der Waals surface area contributed by atoms with Gasteiger partial charge >= 0.3 is 0 Å². The Hall–Kier alpha value is -1.78. The second kappa shape index (κ2) is 4.65. The lowest BCUT2D eigenvalue weighted by atomic mass is 9.89. The Kier molecular flexibility index (Phi) is 2.79. The molecule has 0 bridgehead atoms. The molecule has 104 valence electrons. The number of aromatic nitrogens is 4. The smallest absolute Gasteiger partial charge is 0.252 e. The van der Waals surface area contributed by atoms with Crippen molar-refractivity contribution in [2.45, 2.75) is 57.3 Å². The molecule has 2 aliphatic rings. The number of aryl methyl sites for hydroxylation is 1. The van der Waals surface area contributed by atoms with Gasteiger partial charge in [0.2, 0.25) is 0 Å². The van der Waals surface area contributed by atoms with E-state index < -0.39 is 0 Å². The Morgan fingerprint density at radius 1 is 1.10 bits per heavy atom. The summed E-state index contributed by atoms with van der Waals surface area (Å²) >= 11 is 0. The van der Waals surface area contributed by atoms with Crippen molar-refractivity contribution in [1.82, 2.24) is 19.6 Å². The minimum Gasteiger partial charge on any atom is -0.294 e. The molecule has 1 fully saturated rings. The summed E-state index contributed by atoms with van der Waals surface area (Å²) < 4.78 is 1.82. The zero-order chi connectivity index (χ0) is 13.5. The van der Waals surface area contributed by atoms with Crippen LogP contribution in [0.4, 0.5) is 0 Å². The molecule has 20 heavy (non-hydrogen) atoms. The van der Waals surface area contributed by atoms with Gasteiger partial charge in [-0.3, -0.25) is 4.79 Å². The van der Waals surface area contributed by atoms with Crippen molar-refractivity contribution in [2.24, 2.45) is 0 Å². The van der Waals surface area contributed by atoms with E-state index in [2.05, 4.69) is 15.1 Å². The molecule has 0 saturated heterocycles. The number of rotatable bonds is 1. The lowest BCUT2D eigenvalue weighted by molar-refractivity contribution is 0.0970. The summed E-state index contributed by atoms with van der Waals surface area (Å²) in [5.74, 6) is 2.23. The van der Waals surface area contributed by atoms with Crippen LogP contribution in [0.2, 0.25) is 0 Å². The van der Waals surface area contributed by atoms with Gasteiger partial charge in [0, 0.05) is 18.5 Å². The number of hydrogen-bond donors (Lipinski definition) is 0. The summed E-state index contributed by atoms with van der Waals surface area (Å²) in [5.41, 5.74) is 1.74. The first-order valence-corrected chi connectivity index (χ1v) is 7.60. The molecule has 0 spiro atoms. The first kappa shape index (κ1) is 12.0. The Balaban J connectivity index is 1.81. The largest absolute Gasteiger partial charge is 0.294 e. The minimum absolute atomic E-state index is 0.190. The summed E-state index contributed by atoms with van der Waals surface area (Å²) in [6.45, 7) is 0. The first-order valence-electron chi connectivity index (χ1n) is 7.60. The molecule has 2 heterocycles. The fraction of sp³-hybridized carbons (Fsp3) is 0.600. The van der Waals surface area contributed by atoms with Gasteiger partial charge in [-0.25, -0.2) is 9.50 Å². The van der Waals surface area contributed by atoms with Crippen molar-refractivity contribution in [2.75, 3.05) is 0 Å². The number of carbonyl (C=O) groups is 1. The van der Waals surface area contributed by atoms with Gasteiger partial charge in [0.15, 0.2) is 11.6 Å². The standard InChI is InChI=1S/C15H18N4O/c20-13-8-4-7-12-11(13)9-16-15-17-14(18-19(12)15)10-5-2-1-3-6-10/h9-10H,1-8H2. The topological polar surface area (TPSA) is 60.2 Å². The van der Waals surface area contributed by atoms with Crippen LogP contribution in [0.15, 0.2) is 6.20 Å². The summed E-state index contributed by atoms with van der Waals surface area (Å²) in [6, 6.07) is 0. The molecular formula is C15H18N4O. The Labute approximate surface area is 117 Å². The van der Waals surface area contributed by atoms with Gasteiger partial charge in [0.1, 0.15) is 0 Å². The molecule has 5 heteroatoms. The molecule has 0 N–H and O–H groups in total. The molecule has 1 saturated carbocycles. The predicted octanol–water partition coefficient (Wildman–Crippen LogP) is 2.69. The number of fused-ring (bicyclic) bond motifs is 3. The first-order chi connectivity index (χ1) is 9.83. The van der Waals surface area contributed by atoms with Gasteiger partial charge in [-0.2, -0.15) is 4.98 Å². The van der Waals surface area contributed by atoms with Crippen molar-refractivity contribution in [3.8, 4) is 0 Å². The number of nitrogens with zero attached hydrogens (tertiary/aromatic N) is 4. The molecule has 0 unspecified atom stereocenters. The predicted molar refractivity (Wildman–Crippen MR) is 73.9 cm³/mol. The van der Waals surface area contributed by atoms with Crippen molar-refractivity contribution >= 4 is 11.6 Å². The summed E-state index contributed by atoms with van der Waals surface area (Å²) in [7, 11) is 0. The van der Waals surface area contributed by atoms with Crippen molar-refractivity contribution < 1.29 is 4.79 Å². The second-order valence-corrected chi connectivity index (χ2v) is 5.91. The van der Waals surface area contributed by atoms with Crippen molar-refractivity contribution in [3.63, 3.8) is 0 Å². The fourth-order valence-corrected chi connectivity index (χ4v) is 3.45. The maximum atomic E-state index is 11.9. The highest BCUT2D eigenvalue weighted by molar-refractivity contribution is 5.97. The van der Waals surface area contributed by atoms with Crippen molar-refractivity contribution in [3.05, 3.63) is 23.3 Å². The molecule has 0 radical (unpaired) electrons. The molecule has 0 aromatic carbocycles. The minimum atomic E-state index is 0.190. The van der Waals surface area contributed by atoms with Crippen LogP contribution in [0.3, 0.4) is 0 Å². The molecule has 4 rings (SSSR count).